The molecular weight excluding hydrogens is 468 g/mol. The van der Waals surface area contributed by atoms with Crippen LogP contribution in [0.4, 0.5) is 5.69 Å². The second-order valence-electron chi connectivity index (χ2n) is 8.80. The molecule has 0 bridgehead atoms. The highest BCUT2D eigenvalue weighted by molar-refractivity contribution is 7.92. The number of nitrogens with zero attached hydrogens (tertiary/aromatic N) is 2. The average molecular weight is 499 g/mol. The monoisotopic (exact) mass is 498 g/mol. The van der Waals surface area contributed by atoms with Gasteiger partial charge in [-0.15, -0.1) is 0 Å². The van der Waals surface area contributed by atoms with Crippen molar-refractivity contribution >= 4 is 32.5 Å². The van der Waals surface area contributed by atoms with Crippen LogP contribution in [0.15, 0.2) is 60.7 Å². The smallest absolute Gasteiger partial charge is 0.261 e. The van der Waals surface area contributed by atoms with Crippen molar-refractivity contribution in [3.8, 4) is 5.88 Å². The second kappa shape index (κ2) is 10.6. The number of benzene rings is 2. The van der Waals surface area contributed by atoms with Crippen molar-refractivity contribution in [1.82, 2.24) is 15.2 Å². The number of aliphatic hydroxyl groups excluding tert-OH is 1. The third-order valence-electron chi connectivity index (χ3n) is 6.04. The number of para-hydroxylation sites is 1. The molecule has 9 nitrogen and oxygen atoms in total. The van der Waals surface area contributed by atoms with Gasteiger partial charge < -0.3 is 15.2 Å². The van der Waals surface area contributed by atoms with Crippen LogP contribution in [0.1, 0.15) is 17.9 Å². The van der Waals surface area contributed by atoms with E-state index in [1.54, 1.807) is 37.4 Å². The zero-order valence-corrected chi connectivity index (χ0v) is 20.5. The molecule has 1 aliphatic rings. The first kappa shape index (κ1) is 24.9. The molecule has 1 unspecified atom stereocenters. The lowest BCUT2D eigenvalue weighted by Gasteiger charge is -2.30. The first-order chi connectivity index (χ1) is 16.7. The molecule has 0 saturated carbocycles. The van der Waals surface area contributed by atoms with Crippen LogP contribution in [0.3, 0.4) is 0 Å². The molecule has 3 aromatic rings. The molecule has 3 atom stereocenters. The zero-order valence-electron chi connectivity index (χ0n) is 19.7. The second-order valence-corrected chi connectivity index (χ2v) is 10.5. The lowest BCUT2D eigenvalue weighted by molar-refractivity contribution is -0.128. The van der Waals surface area contributed by atoms with Crippen molar-refractivity contribution in [2.24, 2.45) is 0 Å². The van der Waals surface area contributed by atoms with Crippen molar-refractivity contribution in [3.63, 3.8) is 0 Å². The fourth-order valence-electron chi connectivity index (χ4n) is 4.35. The number of ether oxygens (including phenoxy) is 1. The van der Waals surface area contributed by atoms with Crippen LogP contribution < -0.4 is 14.8 Å². The van der Waals surface area contributed by atoms with Gasteiger partial charge in [-0.3, -0.25) is 14.4 Å². The lowest BCUT2D eigenvalue weighted by atomic mass is 9.91. The van der Waals surface area contributed by atoms with E-state index in [1.807, 2.05) is 30.3 Å². The van der Waals surface area contributed by atoms with E-state index in [0.717, 1.165) is 22.7 Å². The van der Waals surface area contributed by atoms with E-state index in [1.165, 1.54) is 0 Å². The zero-order chi connectivity index (χ0) is 25.0. The Hall–Kier alpha value is -3.21. The van der Waals surface area contributed by atoms with Crippen molar-refractivity contribution in [2.45, 2.75) is 24.5 Å². The summed E-state index contributed by atoms with van der Waals surface area (Å²) in [6.07, 6.45) is 0.453. The minimum absolute atomic E-state index is 0.303. The highest BCUT2D eigenvalue weighted by Gasteiger charge is 2.35. The highest BCUT2D eigenvalue weighted by atomic mass is 32.2. The Morgan fingerprint density at radius 3 is 2.57 bits per heavy atom. The number of pyridine rings is 1. The number of amides is 1. The molecule has 2 heterocycles. The van der Waals surface area contributed by atoms with Gasteiger partial charge in [0.2, 0.25) is 15.9 Å². The number of carbonyl (C=O) groups is 1. The first-order valence-corrected chi connectivity index (χ1v) is 13.3. The van der Waals surface area contributed by atoms with E-state index in [9.17, 15) is 18.3 Å². The van der Waals surface area contributed by atoms with E-state index in [-0.39, 0.29) is 5.91 Å². The molecule has 1 saturated heterocycles. The SMILES string of the molecule is CNC(=O)C(Oc1ccc2ccccc2n1)[C@H](CN1CC[C@H](O)C1)c1ccc(NS(C)(=O)=O)cc1. The number of nitrogens with one attached hydrogen (secondary N) is 2. The number of likely N-dealkylation sites (tertiary alicyclic amines) is 1. The van der Waals surface area contributed by atoms with Gasteiger partial charge in [0.25, 0.3) is 5.91 Å². The fraction of sp³-hybridized carbons (Fsp3) is 0.360. The van der Waals surface area contributed by atoms with E-state index < -0.39 is 28.1 Å². The third kappa shape index (κ3) is 6.47. The van der Waals surface area contributed by atoms with Gasteiger partial charge in [0.05, 0.1) is 17.9 Å². The summed E-state index contributed by atoms with van der Waals surface area (Å²) in [5.41, 5.74) is 2.00. The maximum absolute atomic E-state index is 13.1. The van der Waals surface area contributed by atoms with Crippen molar-refractivity contribution in [1.29, 1.82) is 0 Å². The largest absolute Gasteiger partial charge is 0.463 e. The Balaban J connectivity index is 1.67. The number of hydrogen-bond acceptors (Lipinski definition) is 7. The Morgan fingerprint density at radius 1 is 1.17 bits per heavy atom. The number of hydrogen-bond donors (Lipinski definition) is 3. The minimum atomic E-state index is -3.41. The van der Waals surface area contributed by atoms with Crippen molar-refractivity contribution in [3.05, 3.63) is 66.2 Å². The van der Waals surface area contributed by atoms with E-state index in [2.05, 4.69) is 19.9 Å². The number of rotatable bonds is 9. The van der Waals surface area contributed by atoms with Crippen LogP contribution in [0.2, 0.25) is 0 Å². The number of likely N-dealkylation sites (N-methyl/N-ethyl adjacent to an activating group) is 1. The normalized spacial score (nSPS) is 18.2. The lowest BCUT2D eigenvalue weighted by Crippen LogP contribution is -2.45. The van der Waals surface area contributed by atoms with E-state index >= 15 is 0 Å². The quantitative estimate of drug-likeness (QED) is 0.412. The van der Waals surface area contributed by atoms with Gasteiger partial charge in [0, 0.05) is 49.7 Å². The van der Waals surface area contributed by atoms with Crippen molar-refractivity contribution < 1.29 is 23.1 Å². The topological polar surface area (TPSA) is 121 Å². The molecule has 35 heavy (non-hydrogen) atoms. The maximum Gasteiger partial charge on any atom is 0.261 e. The van der Waals surface area contributed by atoms with Crippen LogP contribution in [-0.2, 0) is 14.8 Å². The standard InChI is InChI=1S/C25H30N4O5S/c1-26-25(31)24(34-23-12-9-18-5-3-4-6-22(18)27-23)21(16-29-14-13-20(30)15-29)17-7-10-19(11-8-17)28-35(2,32)33/h3-12,20-21,24,28,30H,13-16H2,1-2H3,(H,26,31)/t20-,21+,24?/m0/s1. The van der Waals surface area contributed by atoms with Gasteiger partial charge >= 0.3 is 0 Å². The fourth-order valence-corrected chi connectivity index (χ4v) is 4.91. The van der Waals surface area contributed by atoms with Gasteiger partial charge in [-0.1, -0.05) is 30.3 Å². The van der Waals surface area contributed by atoms with Crippen molar-refractivity contribution in [2.75, 3.05) is 37.7 Å². The number of sulfonamides is 1. The molecule has 1 aliphatic heterocycles. The number of fused-ring (bicyclic) bond motifs is 1. The van der Waals surface area contributed by atoms with E-state index in [0.29, 0.717) is 37.6 Å². The molecule has 1 aromatic heterocycles. The van der Waals surface area contributed by atoms with Gasteiger partial charge in [0.15, 0.2) is 6.10 Å². The first-order valence-electron chi connectivity index (χ1n) is 11.4. The summed E-state index contributed by atoms with van der Waals surface area (Å²) in [4.78, 5) is 19.7. The molecule has 1 amide bonds. The number of aliphatic hydroxyl groups is 1. The molecule has 3 N–H and O–H groups in total. The number of anilines is 1. The molecule has 1 fully saturated rings. The summed E-state index contributed by atoms with van der Waals surface area (Å²) in [5, 5.41) is 13.7. The predicted molar refractivity (Wildman–Crippen MR) is 135 cm³/mol. The van der Waals surface area contributed by atoms with Gasteiger partial charge in [0.1, 0.15) is 0 Å². The predicted octanol–water partition coefficient (Wildman–Crippen LogP) is 1.95. The summed E-state index contributed by atoms with van der Waals surface area (Å²) < 4.78 is 31.9. The molecule has 186 valence electrons. The highest BCUT2D eigenvalue weighted by Crippen LogP contribution is 2.29. The minimum Gasteiger partial charge on any atom is -0.463 e. The van der Waals surface area contributed by atoms with E-state index in [4.69, 9.17) is 4.74 Å². The Kier molecular flexibility index (Phi) is 7.54. The Labute approximate surface area is 205 Å². The van der Waals surface area contributed by atoms with Crippen LogP contribution in [0.5, 0.6) is 5.88 Å². The maximum atomic E-state index is 13.1. The Bertz CT molecular complexity index is 1280. The Morgan fingerprint density at radius 2 is 1.91 bits per heavy atom. The molecule has 10 heteroatoms. The number of aromatic nitrogens is 1. The van der Waals surface area contributed by atoms with Gasteiger partial charge in [-0.2, -0.15) is 0 Å². The van der Waals surface area contributed by atoms with Crippen LogP contribution in [-0.4, -0.2) is 74.5 Å². The van der Waals surface area contributed by atoms with Crippen LogP contribution >= 0.6 is 0 Å². The molecule has 2 aromatic carbocycles. The molecule has 4 rings (SSSR count). The molecular formula is C25H30N4O5S. The van der Waals surface area contributed by atoms with Gasteiger partial charge in [-0.05, 0) is 36.2 Å². The third-order valence-corrected chi connectivity index (χ3v) is 6.64. The number of β-amino-alcohol motifs (C(OH)–C–C–N with tert-alkyl or cyclic N) is 1. The summed E-state index contributed by atoms with van der Waals surface area (Å²) in [5.74, 6) is -0.372. The summed E-state index contributed by atoms with van der Waals surface area (Å²) >= 11 is 0. The van der Waals surface area contributed by atoms with Crippen LogP contribution in [0, 0.1) is 0 Å². The summed E-state index contributed by atoms with van der Waals surface area (Å²) in [6, 6.07) is 18.2. The average Bonchev–Trinajstić information content (AvgIpc) is 3.25. The van der Waals surface area contributed by atoms with Crippen LogP contribution in [0.25, 0.3) is 10.9 Å². The number of carbonyl (C=O) groups excluding carboxylic acids is 1. The van der Waals surface area contributed by atoms with Gasteiger partial charge in [-0.25, -0.2) is 13.4 Å². The summed E-state index contributed by atoms with van der Waals surface area (Å²) in [6.45, 7) is 1.69. The molecule has 0 radical (unpaired) electrons. The molecule has 0 spiro atoms. The summed E-state index contributed by atoms with van der Waals surface area (Å²) in [7, 11) is -1.85. The molecule has 0 aliphatic carbocycles.